The summed E-state index contributed by atoms with van der Waals surface area (Å²) in [5.41, 5.74) is 0. The van der Waals surface area contributed by atoms with Gasteiger partial charge in [-0.25, -0.2) is 9.13 Å². The van der Waals surface area contributed by atoms with Crippen LogP contribution < -0.4 is 0 Å². The quantitative estimate of drug-likeness (QED) is 0.0222. The van der Waals surface area contributed by atoms with Crippen molar-refractivity contribution in [3.63, 3.8) is 0 Å². The maximum Gasteiger partial charge on any atom is 0.472 e. The summed E-state index contributed by atoms with van der Waals surface area (Å²) in [6.07, 6.45) is 54.1. The number of carbonyl (C=O) groups is 4. The SMILES string of the molecule is CCCCCCCCCCCCCC(=O)OC[C@H](COP(=O)(O)OC[C@@H](O)COP(=O)(O)OC[C@@H](COC(=O)CCCCCCCCCCC)OC(=O)CCCCCCCCCCCC)OC(=O)CCCCCCCCCCCCCCCCCCCCC(C)CC. The van der Waals surface area contributed by atoms with Crippen LogP contribution in [0.25, 0.3) is 0 Å². The molecule has 0 aromatic rings. The minimum Gasteiger partial charge on any atom is -0.462 e. The number of esters is 4. The molecule has 0 bridgehead atoms. The second kappa shape index (κ2) is 66.3. The van der Waals surface area contributed by atoms with Gasteiger partial charge in [0.15, 0.2) is 12.2 Å². The Morgan fingerprint density at radius 2 is 0.522 bits per heavy atom. The molecule has 0 saturated carbocycles. The Hall–Kier alpha value is -1.94. The maximum absolute atomic E-state index is 13.0. The van der Waals surface area contributed by atoms with Gasteiger partial charge >= 0.3 is 39.5 Å². The zero-order valence-corrected chi connectivity index (χ0v) is 61.5. The van der Waals surface area contributed by atoms with Crippen LogP contribution in [-0.2, 0) is 65.4 Å². The lowest BCUT2D eigenvalue weighted by Crippen LogP contribution is -2.30. The van der Waals surface area contributed by atoms with Crippen LogP contribution in [0.2, 0.25) is 0 Å². The van der Waals surface area contributed by atoms with Gasteiger partial charge in [0.1, 0.15) is 19.3 Å². The van der Waals surface area contributed by atoms with Crippen LogP contribution in [0.15, 0.2) is 0 Å². The molecule has 3 N–H and O–H groups in total. The molecule has 0 saturated heterocycles. The predicted octanol–water partition coefficient (Wildman–Crippen LogP) is 21.3. The molecule has 0 aliphatic carbocycles. The summed E-state index contributed by atoms with van der Waals surface area (Å²) in [5.74, 6) is -1.25. The van der Waals surface area contributed by atoms with Crippen molar-refractivity contribution in [2.75, 3.05) is 39.6 Å². The van der Waals surface area contributed by atoms with Crippen LogP contribution in [0.5, 0.6) is 0 Å². The van der Waals surface area contributed by atoms with E-state index >= 15 is 0 Å². The first-order chi connectivity index (χ1) is 44.6. The minimum absolute atomic E-state index is 0.107. The topological polar surface area (TPSA) is 237 Å². The van der Waals surface area contributed by atoms with Gasteiger partial charge in [0, 0.05) is 25.7 Å². The first-order valence-corrected chi connectivity index (χ1v) is 41.2. The summed E-state index contributed by atoms with van der Waals surface area (Å²) in [6.45, 7) is 7.30. The second-order valence-electron chi connectivity index (χ2n) is 26.6. The lowest BCUT2D eigenvalue weighted by Gasteiger charge is -2.21. The number of hydrogen-bond donors (Lipinski definition) is 3. The molecule has 0 aromatic heterocycles. The predicted molar refractivity (Wildman–Crippen MR) is 372 cm³/mol. The van der Waals surface area contributed by atoms with E-state index in [1.165, 1.54) is 205 Å². The third-order valence-corrected chi connectivity index (χ3v) is 19.3. The van der Waals surface area contributed by atoms with Crippen molar-refractivity contribution >= 4 is 39.5 Å². The minimum atomic E-state index is -4.95. The lowest BCUT2D eigenvalue weighted by molar-refractivity contribution is -0.161. The molecule has 0 radical (unpaired) electrons. The van der Waals surface area contributed by atoms with Crippen molar-refractivity contribution in [2.24, 2.45) is 5.92 Å². The van der Waals surface area contributed by atoms with Crippen LogP contribution >= 0.6 is 15.6 Å². The summed E-state index contributed by atoms with van der Waals surface area (Å²) in [5, 5.41) is 10.6. The van der Waals surface area contributed by atoms with Gasteiger partial charge in [0.25, 0.3) is 0 Å². The maximum atomic E-state index is 13.0. The summed E-state index contributed by atoms with van der Waals surface area (Å²) in [4.78, 5) is 72.5. The van der Waals surface area contributed by atoms with Crippen molar-refractivity contribution in [3.8, 4) is 0 Å². The van der Waals surface area contributed by atoms with Gasteiger partial charge < -0.3 is 33.8 Å². The number of aliphatic hydroxyl groups is 1. The standard InChI is InChI=1S/C73H142O17P2/c1-6-10-13-16-19-22-32-38-42-47-52-57-71(76)84-63-69(90-73(78)59-54-49-44-39-34-31-29-27-25-24-26-28-30-33-36-40-45-50-55-66(5)9-4)65-88-92(81,82)86-61-67(74)60-85-91(79,80)87-64-68(62-83-70(75)56-51-46-41-35-21-18-15-12-8-3)89-72(77)58-53-48-43-37-23-20-17-14-11-7-2/h66-69,74H,6-65H2,1-5H3,(H,79,80)(H,81,82)/t66?,67-,68+,69+/m0/s1. The van der Waals surface area contributed by atoms with E-state index in [9.17, 15) is 43.2 Å². The second-order valence-corrected chi connectivity index (χ2v) is 29.5. The smallest absolute Gasteiger partial charge is 0.462 e. The molecule has 3 unspecified atom stereocenters. The van der Waals surface area contributed by atoms with Gasteiger partial charge in [0.05, 0.1) is 26.4 Å². The fourth-order valence-electron chi connectivity index (χ4n) is 11.1. The Bertz CT molecular complexity index is 1770. The van der Waals surface area contributed by atoms with Gasteiger partial charge in [-0.1, -0.05) is 330 Å². The van der Waals surface area contributed by atoms with E-state index in [1.54, 1.807) is 0 Å². The van der Waals surface area contributed by atoms with Crippen molar-refractivity contribution < 1.29 is 80.2 Å². The molecule has 92 heavy (non-hydrogen) atoms. The molecular formula is C73H142O17P2. The monoisotopic (exact) mass is 1350 g/mol. The number of carbonyl (C=O) groups excluding carboxylic acids is 4. The van der Waals surface area contributed by atoms with E-state index in [0.29, 0.717) is 25.7 Å². The third-order valence-electron chi connectivity index (χ3n) is 17.4. The van der Waals surface area contributed by atoms with Gasteiger partial charge in [0.2, 0.25) is 0 Å². The van der Waals surface area contributed by atoms with E-state index in [0.717, 1.165) is 95.8 Å². The van der Waals surface area contributed by atoms with E-state index in [1.807, 2.05) is 0 Å². The number of rotatable bonds is 73. The summed E-state index contributed by atoms with van der Waals surface area (Å²) in [7, 11) is -9.90. The first-order valence-electron chi connectivity index (χ1n) is 38.2. The lowest BCUT2D eigenvalue weighted by atomic mass is 9.99. The van der Waals surface area contributed by atoms with Crippen LogP contribution in [0.4, 0.5) is 0 Å². The highest BCUT2D eigenvalue weighted by Crippen LogP contribution is 2.45. The summed E-state index contributed by atoms with van der Waals surface area (Å²) in [6, 6.07) is 0. The van der Waals surface area contributed by atoms with Crippen LogP contribution in [0.3, 0.4) is 0 Å². The van der Waals surface area contributed by atoms with E-state index in [-0.39, 0.29) is 25.7 Å². The van der Waals surface area contributed by atoms with Gasteiger partial charge in [-0.05, 0) is 31.6 Å². The Labute approximate surface area is 562 Å². The summed E-state index contributed by atoms with van der Waals surface area (Å²) >= 11 is 0. The highest BCUT2D eigenvalue weighted by atomic mass is 31.2. The van der Waals surface area contributed by atoms with E-state index < -0.39 is 97.5 Å². The van der Waals surface area contributed by atoms with Crippen LogP contribution in [-0.4, -0.2) is 96.7 Å². The molecule has 0 fully saturated rings. The Balaban J connectivity index is 5.13. The number of phosphoric acid groups is 2. The number of phosphoric ester groups is 2. The molecular weight excluding hydrogens is 1210 g/mol. The average Bonchev–Trinajstić information content (AvgIpc) is 2.15. The average molecular weight is 1350 g/mol. The third kappa shape index (κ3) is 65.4. The van der Waals surface area contributed by atoms with Gasteiger partial charge in [-0.3, -0.25) is 37.3 Å². The molecule has 546 valence electrons. The summed E-state index contributed by atoms with van der Waals surface area (Å²) < 4.78 is 68.3. The first kappa shape index (κ1) is 90.1. The molecule has 0 spiro atoms. The van der Waals surface area contributed by atoms with Crippen molar-refractivity contribution in [3.05, 3.63) is 0 Å². The van der Waals surface area contributed by atoms with E-state index in [4.69, 9.17) is 37.0 Å². The molecule has 0 aliphatic heterocycles. The Morgan fingerprint density at radius 1 is 0.304 bits per heavy atom. The molecule has 0 aliphatic rings. The Morgan fingerprint density at radius 3 is 0.772 bits per heavy atom. The number of hydrogen-bond acceptors (Lipinski definition) is 15. The number of unbranched alkanes of at least 4 members (excludes halogenated alkanes) is 44. The molecule has 17 nitrogen and oxygen atoms in total. The van der Waals surface area contributed by atoms with Gasteiger partial charge in [-0.2, -0.15) is 0 Å². The molecule has 0 heterocycles. The molecule has 6 atom stereocenters. The van der Waals surface area contributed by atoms with Crippen molar-refractivity contribution in [1.82, 2.24) is 0 Å². The van der Waals surface area contributed by atoms with Crippen LogP contribution in [0, 0.1) is 5.92 Å². The molecule has 0 amide bonds. The van der Waals surface area contributed by atoms with Crippen molar-refractivity contribution in [2.45, 2.75) is 400 Å². The molecule has 19 heteroatoms. The highest BCUT2D eigenvalue weighted by molar-refractivity contribution is 7.47. The van der Waals surface area contributed by atoms with Crippen molar-refractivity contribution in [1.29, 1.82) is 0 Å². The zero-order valence-electron chi connectivity index (χ0n) is 59.7. The largest absolute Gasteiger partial charge is 0.472 e. The molecule has 0 aromatic carbocycles. The Kier molecular flexibility index (Phi) is 64.9. The number of ether oxygens (including phenoxy) is 4. The van der Waals surface area contributed by atoms with E-state index in [2.05, 4.69) is 34.6 Å². The number of aliphatic hydroxyl groups excluding tert-OH is 1. The highest BCUT2D eigenvalue weighted by Gasteiger charge is 2.30. The molecule has 0 rings (SSSR count). The fourth-order valence-corrected chi connectivity index (χ4v) is 12.7. The van der Waals surface area contributed by atoms with Gasteiger partial charge in [-0.15, -0.1) is 0 Å². The fraction of sp³-hybridized carbons (Fsp3) is 0.945. The normalized spacial score (nSPS) is 14.3. The van der Waals surface area contributed by atoms with Crippen LogP contribution in [0.1, 0.15) is 381 Å². The zero-order chi connectivity index (χ0) is 67.7.